The van der Waals surface area contributed by atoms with E-state index in [-0.39, 0.29) is 0 Å². The van der Waals surface area contributed by atoms with E-state index in [9.17, 15) is 0 Å². The topological polar surface area (TPSA) is 52.0 Å². The van der Waals surface area contributed by atoms with Gasteiger partial charge in [0.1, 0.15) is 6.73 Å². The molecule has 0 saturated heterocycles. The van der Waals surface area contributed by atoms with Crippen molar-refractivity contribution in [2.45, 2.75) is 38.8 Å². The van der Waals surface area contributed by atoms with Crippen LogP contribution in [0.25, 0.3) is 22.5 Å². The lowest BCUT2D eigenvalue weighted by Gasteiger charge is -2.15. The predicted octanol–water partition coefficient (Wildman–Crippen LogP) is 6.63. The molecular formula is C25H28N4OSSi. The maximum absolute atomic E-state index is 6.07. The van der Waals surface area contributed by atoms with Crippen LogP contribution in [0.15, 0.2) is 60.2 Å². The lowest BCUT2D eigenvalue weighted by molar-refractivity contribution is 0.0799. The van der Waals surface area contributed by atoms with Crippen molar-refractivity contribution in [2.24, 2.45) is 0 Å². The van der Waals surface area contributed by atoms with Crippen LogP contribution < -0.4 is 5.32 Å². The van der Waals surface area contributed by atoms with Crippen molar-refractivity contribution >= 4 is 30.8 Å². The molecule has 0 aliphatic heterocycles. The maximum Gasteiger partial charge on any atom is 0.140 e. The lowest BCUT2D eigenvalue weighted by Crippen LogP contribution is -2.22. The fourth-order valence-corrected chi connectivity index (χ4v) is 5.63. The highest BCUT2D eigenvalue weighted by atomic mass is 32.1. The summed E-state index contributed by atoms with van der Waals surface area (Å²) in [6.45, 7) is 8.44. The summed E-state index contributed by atoms with van der Waals surface area (Å²) in [5, 5.41) is 10.6. The molecular weight excluding hydrogens is 432 g/mol. The van der Waals surface area contributed by atoms with Crippen LogP contribution in [0, 0.1) is 0 Å². The number of thiophene rings is 1. The summed E-state index contributed by atoms with van der Waals surface area (Å²) in [5.74, 6) is 0. The molecule has 0 unspecified atom stereocenters. The molecule has 0 fully saturated rings. The molecule has 7 heteroatoms. The molecule has 1 N–H and O–H groups in total. The zero-order valence-electron chi connectivity index (χ0n) is 18.8. The number of ether oxygens (including phenoxy) is 1. The van der Waals surface area contributed by atoms with Crippen molar-refractivity contribution in [1.82, 2.24) is 14.8 Å². The van der Waals surface area contributed by atoms with E-state index < -0.39 is 8.07 Å². The number of benzene rings is 1. The highest BCUT2D eigenvalue weighted by Crippen LogP contribution is 2.44. The van der Waals surface area contributed by atoms with Crippen LogP contribution in [0.3, 0.4) is 0 Å². The first-order valence-electron chi connectivity index (χ1n) is 11.0. The third-order valence-electron chi connectivity index (χ3n) is 5.71. The number of pyridine rings is 1. The number of aromatic nitrogens is 3. The fraction of sp³-hybridized carbons (Fsp3) is 0.280. The zero-order valence-corrected chi connectivity index (χ0v) is 20.6. The first kappa shape index (κ1) is 21.1. The van der Waals surface area contributed by atoms with Crippen LogP contribution in [-0.4, -0.2) is 29.4 Å². The monoisotopic (exact) mass is 460 g/mol. The molecule has 5 nitrogen and oxygen atoms in total. The summed E-state index contributed by atoms with van der Waals surface area (Å²) >= 11 is 1.83. The van der Waals surface area contributed by atoms with E-state index in [1.807, 2.05) is 29.7 Å². The summed E-state index contributed by atoms with van der Waals surface area (Å²) < 4.78 is 8.13. The van der Waals surface area contributed by atoms with Crippen LogP contribution in [0.4, 0.5) is 11.4 Å². The van der Waals surface area contributed by atoms with E-state index in [1.54, 1.807) is 6.20 Å². The lowest BCUT2D eigenvalue weighted by atomic mass is 10.1. The summed E-state index contributed by atoms with van der Waals surface area (Å²) in [6.07, 6.45) is 4.55. The van der Waals surface area contributed by atoms with Gasteiger partial charge in [0.15, 0.2) is 0 Å². The van der Waals surface area contributed by atoms with Gasteiger partial charge < -0.3 is 10.1 Å². The molecule has 1 aliphatic carbocycles. The van der Waals surface area contributed by atoms with Gasteiger partial charge in [0.2, 0.25) is 0 Å². The molecule has 3 aromatic heterocycles. The minimum absolute atomic E-state index is 0.503. The summed E-state index contributed by atoms with van der Waals surface area (Å²) in [7, 11) is -1.11. The Bertz CT molecular complexity index is 1210. The normalized spacial score (nSPS) is 12.6. The van der Waals surface area contributed by atoms with E-state index in [0.717, 1.165) is 35.7 Å². The van der Waals surface area contributed by atoms with E-state index in [2.05, 4.69) is 70.3 Å². The zero-order chi connectivity index (χ0) is 22.1. The summed E-state index contributed by atoms with van der Waals surface area (Å²) in [5.41, 5.74) is 8.05. The Morgan fingerprint density at radius 1 is 1.09 bits per heavy atom. The number of fused-ring (bicyclic) bond motifs is 3. The molecule has 0 spiro atoms. The van der Waals surface area contributed by atoms with Crippen molar-refractivity contribution < 1.29 is 4.74 Å². The van der Waals surface area contributed by atoms with Gasteiger partial charge in [-0.3, -0.25) is 4.98 Å². The molecule has 5 rings (SSSR count). The Balaban J connectivity index is 1.39. The Kier molecular flexibility index (Phi) is 5.71. The minimum atomic E-state index is -1.11. The van der Waals surface area contributed by atoms with E-state index in [0.29, 0.717) is 6.73 Å². The first-order chi connectivity index (χ1) is 15.5. The standard InChI is InChI=1S/C25H28N4OSSi/c1-32(2,3)14-12-30-17-29-25-21-10-13-31-23(21)15-22(25)24(28-29)18-6-8-19(9-7-18)27-20-5-4-11-26-16-20/h4-11,13,16,27H,12,14-15,17H2,1-3H3. The van der Waals surface area contributed by atoms with E-state index >= 15 is 0 Å². The predicted molar refractivity (Wildman–Crippen MR) is 135 cm³/mol. The second-order valence-electron chi connectivity index (χ2n) is 9.40. The molecule has 0 saturated carbocycles. The molecule has 0 atom stereocenters. The first-order valence-corrected chi connectivity index (χ1v) is 15.6. The molecule has 1 aromatic carbocycles. The third kappa shape index (κ3) is 4.41. The maximum atomic E-state index is 6.07. The van der Waals surface area contributed by atoms with Crippen molar-refractivity contribution in [2.75, 3.05) is 11.9 Å². The minimum Gasteiger partial charge on any atom is -0.360 e. The van der Waals surface area contributed by atoms with Gasteiger partial charge in [-0.25, -0.2) is 4.68 Å². The second-order valence-corrected chi connectivity index (χ2v) is 16.0. The number of nitrogens with zero attached hydrogens (tertiary/aromatic N) is 3. The largest absolute Gasteiger partial charge is 0.360 e. The number of hydrogen-bond acceptors (Lipinski definition) is 5. The third-order valence-corrected chi connectivity index (χ3v) is 8.33. The van der Waals surface area contributed by atoms with Gasteiger partial charge in [-0.15, -0.1) is 11.3 Å². The molecule has 4 aromatic rings. The Morgan fingerprint density at radius 3 is 2.69 bits per heavy atom. The SMILES string of the molecule is C[Si](C)(C)CCOCn1nc(-c2ccc(Nc3cccnc3)cc2)c2c1-c1ccsc1C2. The Morgan fingerprint density at radius 2 is 1.94 bits per heavy atom. The molecule has 0 radical (unpaired) electrons. The highest BCUT2D eigenvalue weighted by molar-refractivity contribution is 7.10. The van der Waals surface area contributed by atoms with Gasteiger partial charge in [0.25, 0.3) is 0 Å². The summed E-state index contributed by atoms with van der Waals surface area (Å²) in [6, 6.07) is 15.8. The van der Waals surface area contributed by atoms with Crippen molar-refractivity contribution in [3.05, 3.63) is 70.7 Å². The summed E-state index contributed by atoms with van der Waals surface area (Å²) in [4.78, 5) is 5.58. The van der Waals surface area contributed by atoms with E-state index in [1.165, 1.54) is 27.7 Å². The Labute approximate surface area is 194 Å². The van der Waals surface area contributed by atoms with Gasteiger partial charge in [0, 0.05) is 54.6 Å². The molecule has 164 valence electrons. The highest BCUT2D eigenvalue weighted by Gasteiger charge is 2.29. The number of nitrogens with one attached hydrogen (secondary N) is 1. The molecule has 0 amide bonds. The second kappa shape index (κ2) is 8.65. The number of anilines is 2. The van der Waals surface area contributed by atoms with Gasteiger partial charge >= 0.3 is 0 Å². The van der Waals surface area contributed by atoms with E-state index in [4.69, 9.17) is 9.84 Å². The van der Waals surface area contributed by atoms with Gasteiger partial charge in [0.05, 0.1) is 23.3 Å². The van der Waals surface area contributed by atoms with Crippen LogP contribution in [0.2, 0.25) is 25.7 Å². The van der Waals surface area contributed by atoms with Gasteiger partial charge in [-0.2, -0.15) is 5.10 Å². The molecule has 1 aliphatic rings. The van der Waals surface area contributed by atoms with Crippen molar-refractivity contribution in [3.8, 4) is 22.5 Å². The molecule has 32 heavy (non-hydrogen) atoms. The fourth-order valence-electron chi connectivity index (χ4n) is 3.99. The van der Waals surface area contributed by atoms with Gasteiger partial charge in [-0.05, 0) is 41.8 Å². The number of rotatable bonds is 8. The van der Waals surface area contributed by atoms with Crippen LogP contribution in [0.5, 0.6) is 0 Å². The number of hydrogen-bond donors (Lipinski definition) is 1. The van der Waals surface area contributed by atoms with Crippen LogP contribution in [0.1, 0.15) is 10.4 Å². The Hall–Kier alpha value is -2.74. The van der Waals surface area contributed by atoms with Crippen molar-refractivity contribution in [3.63, 3.8) is 0 Å². The smallest absolute Gasteiger partial charge is 0.140 e. The van der Waals surface area contributed by atoms with Crippen LogP contribution in [-0.2, 0) is 17.9 Å². The van der Waals surface area contributed by atoms with Gasteiger partial charge in [-0.1, -0.05) is 31.8 Å². The quantitative estimate of drug-likeness (QED) is 0.208. The van der Waals surface area contributed by atoms with Crippen LogP contribution >= 0.6 is 11.3 Å². The average Bonchev–Trinajstić information content (AvgIpc) is 3.44. The molecule has 0 bridgehead atoms. The molecule has 3 heterocycles. The average molecular weight is 461 g/mol. The van der Waals surface area contributed by atoms with Crippen molar-refractivity contribution in [1.29, 1.82) is 0 Å².